The molecule has 1 atom stereocenters. The number of hydrogen-bond donors (Lipinski definition) is 2. The van der Waals surface area contributed by atoms with Gasteiger partial charge in [0.1, 0.15) is 0 Å². The monoisotopic (exact) mass is 312 g/mol. The number of carbonyl (C=O) groups is 2. The molecular weight excluding hydrogens is 276 g/mol. The lowest BCUT2D eigenvalue weighted by Gasteiger charge is -2.32. The van der Waals surface area contributed by atoms with Gasteiger partial charge in [-0.15, -0.1) is 0 Å². The molecular formula is C18H36N2O2. The molecule has 0 radical (unpaired) electrons. The Morgan fingerprint density at radius 3 is 1.77 bits per heavy atom. The topological polar surface area (TPSA) is 58.2 Å². The molecule has 0 bridgehead atoms. The number of amides is 1. The molecule has 4 heteroatoms. The van der Waals surface area contributed by atoms with Crippen molar-refractivity contribution in [2.24, 2.45) is 10.8 Å². The second kappa shape index (κ2) is 7.58. The highest BCUT2D eigenvalue weighted by Crippen LogP contribution is 2.20. The summed E-state index contributed by atoms with van der Waals surface area (Å²) in [7, 11) is 0. The quantitative estimate of drug-likeness (QED) is 0.791. The largest absolute Gasteiger partial charge is 0.356 e. The number of hydrogen-bond acceptors (Lipinski definition) is 3. The molecule has 22 heavy (non-hydrogen) atoms. The highest BCUT2D eigenvalue weighted by atomic mass is 16.1. The van der Waals surface area contributed by atoms with E-state index in [0.717, 1.165) is 0 Å². The molecule has 0 aromatic carbocycles. The van der Waals surface area contributed by atoms with Crippen molar-refractivity contribution in [1.29, 1.82) is 0 Å². The van der Waals surface area contributed by atoms with E-state index in [4.69, 9.17) is 0 Å². The van der Waals surface area contributed by atoms with E-state index in [9.17, 15) is 9.59 Å². The van der Waals surface area contributed by atoms with E-state index in [2.05, 4.69) is 10.6 Å². The van der Waals surface area contributed by atoms with Crippen LogP contribution in [0.3, 0.4) is 0 Å². The fraction of sp³-hybridized carbons (Fsp3) is 0.889. The molecule has 0 aliphatic heterocycles. The van der Waals surface area contributed by atoms with Gasteiger partial charge in [-0.25, -0.2) is 0 Å². The molecule has 130 valence electrons. The molecule has 0 saturated carbocycles. The Hall–Kier alpha value is -0.900. The van der Waals surface area contributed by atoms with Crippen molar-refractivity contribution in [2.75, 3.05) is 6.54 Å². The predicted octanol–water partition coefficient (Wildman–Crippen LogP) is 3.30. The van der Waals surface area contributed by atoms with E-state index in [1.807, 2.05) is 62.3 Å². The summed E-state index contributed by atoms with van der Waals surface area (Å²) in [5, 5.41) is 6.31. The van der Waals surface area contributed by atoms with Crippen LogP contribution >= 0.6 is 0 Å². The number of carbonyl (C=O) groups excluding carboxylic acids is 2. The van der Waals surface area contributed by atoms with E-state index >= 15 is 0 Å². The zero-order valence-electron chi connectivity index (χ0n) is 16.0. The summed E-state index contributed by atoms with van der Waals surface area (Å²) in [6.45, 7) is 18.6. The summed E-state index contributed by atoms with van der Waals surface area (Å²) in [6.07, 6.45) is 1.11. The Balaban J connectivity index is 4.61. The van der Waals surface area contributed by atoms with Gasteiger partial charge in [-0.2, -0.15) is 0 Å². The molecule has 0 aromatic heterocycles. The van der Waals surface area contributed by atoms with Gasteiger partial charge in [0, 0.05) is 23.9 Å². The molecule has 4 nitrogen and oxygen atoms in total. The molecule has 0 aliphatic rings. The van der Waals surface area contributed by atoms with Gasteiger partial charge in [0.25, 0.3) is 0 Å². The summed E-state index contributed by atoms with van der Waals surface area (Å²) in [4.78, 5) is 24.4. The van der Waals surface area contributed by atoms with E-state index in [1.54, 1.807) is 0 Å². The summed E-state index contributed by atoms with van der Waals surface area (Å²) in [5.41, 5.74) is -0.548. The van der Waals surface area contributed by atoms with Gasteiger partial charge in [0.05, 0.1) is 6.04 Å². The van der Waals surface area contributed by atoms with Crippen LogP contribution in [0.25, 0.3) is 0 Å². The second-order valence-corrected chi connectivity index (χ2v) is 9.44. The minimum absolute atomic E-state index is 0.0195. The average Bonchev–Trinajstić information content (AvgIpc) is 2.21. The van der Waals surface area contributed by atoms with Crippen molar-refractivity contribution in [1.82, 2.24) is 10.6 Å². The highest BCUT2D eigenvalue weighted by molar-refractivity contribution is 5.88. The van der Waals surface area contributed by atoms with E-state index in [0.29, 0.717) is 19.4 Å². The van der Waals surface area contributed by atoms with Gasteiger partial charge in [0.15, 0.2) is 5.78 Å². The van der Waals surface area contributed by atoms with Crippen molar-refractivity contribution in [3.05, 3.63) is 0 Å². The van der Waals surface area contributed by atoms with Crippen molar-refractivity contribution >= 4 is 11.7 Å². The van der Waals surface area contributed by atoms with Crippen LogP contribution in [0.15, 0.2) is 0 Å². The number of ketones is 1. The number of Topliss-reactive ketones (excluding diaryl/α,β-unsaturated/α-hetero) is 1. The van der Waals surface area contributed by atoms with Crippen LogP contribution in [-0.4, -0.2) is 29.8 Å². The third-order valence-electron chi connectivity index (χ3n) is 3.11. The van der Waals surface area contributed by atoms with Crippen LogP contribution in [0.1, 0.15) is 75.2 Å². The maximum Gasteiger partial charge on any atom is 0.220 e. The van der Waals surface area contributed by atoms with Crippen LogP contribution < -0.4 is 10.6 Å². The normalized spacial score (nSPS) is 14.6. The molecule has 0 fully saturated rings. The Morgan fingerprint density at radius 1 is 0.909 bits per heavy atom. The molecule has 0 rings (SSSR count). The van der Waals surface area contributed by atoms with Crippen LogP contribution in [0.2, 0.25) is 0 Å². The zero-order valence-corrected chi connectivity index (χ0v) is 16.0. The summed E-state index contributed by atoms with van der Waals surface area (Å²) >= 11 is 0. The van der Waals surface area contributed by atoms with E-state index in [-0.39, 0.29) is 28.7 Å². The van der Waals surface area contributed by atoms with E-state index in [1.165, 1.54) is 0 Å². The Bertz CT molecular complexity index is 381. The molecule has 0 spiro atoms. The number of nitrogens with one attached hydrogen (secondary N) is 2. The molecule has 2 N–H and O–H groups in total. The maximum absolute atomic E-state index is 12.6. The third kappa shape index (κ3) is 9.93. The van der Waals surface area contributed by atoms with Crippen LogP contribution in [0.5, 0.6) is 0 Å². The third-order valence-corrected chi connectivity index (χ3v) is 3.11. The minimum Gasteiger partial charge on any atom is -0.356 e. The lowest BCUT2D eigenvalue weighted by molar-refractivity contribution is -0.129. The lowest BCUT2D eigenvalue weighted by Crippen LogP contribution is -2.52. The fourth-order valence-corrected chi connectivity index (χ4v) is 2.21. The summed E-state index contributed by atoms with van der Waals surface area (Å²) in [6, 6.07) is -0.241. The van der Waals surface area contributed by atoms with Crippen molar-refractivity contribution in [3.8, 4) is 0 Å². The first kappa shape index (κ1) is 21.1. The Morgan fingerprint density at radius 2 is 1.41 bits per heavy atom. The minimum atomic E-state index is -0.391. The zero-order chi connectivity index (χ0) is 17.8. The SMILES string of the molecule is CC(C)(C)CC(=O)NCCC(NC(C)(C)C)C(=O)C(C)(C)C. The molecule has 0 aliphatic carbocycles. The number of rotatable bonds is 6. The Labute approximate surface area is 136 Å². The molecule has 1 unspecified atom stereocenters. The van der Waals surface area contributed by atoms with Crippen molar-refractivity contribution < 1.29 is 9.59 Å². The van der Waals surface area contributed by atoms with Gasteiger partial charge in [0.2, 0.25) is 5.91 Å². The second-order valence-electron chi connectivity index (χ2n) is 9.44. The van der Waals surface area contributed by atoms with Crippen molar-refractivity contribution in [3.63, 3.8) is 0 Å². The first-order valence-corrected chi connectivity index (χ1v) is 8.20. The van der Waals surface area contributed by atoms with Crippen LogP contribution in [-0.2, 0) is 9.59 Å². The summed E-state index contributed by atoms with van der Waals surface area (Å²) < 4.78 is 0. The van der Waals surface area contributed by atoms with Crippen molar-refractivity contribution in [2.45, 2.75) is 86.7 Å². The average molecular weight is 312 g/mol. The smallest absolute Gasteiger partial charge is 0.220 e. The first-order valence-electron chi connectivity index (χ1n) is 8.20. The molecule has 1 amide bonds. The van der Waals surface area contributed by atoms with Gasteiger partial charge >= 0.3 is 0 Å². The standard InChI is InChI=1S/C18H36N2O2/c1-16(2,3)12-14(21)19-11-10-13(20-18(7,8)9)15(22)17(4,5)6/h13,20H,10-12H2,1-9H3,(H,19,21). The molecule has 0 aromatic rings. The molecule has 0 heterocycles. The Kier molecular flexibility index (Phi) is 7.27. The van der Waals surface area contributed by atoms with Gasteiger partial charge in [-0.05, 0) is 32.6 Å². The van der Waals surface area contributed by atoms with Crippen LogP contribution in [0.4, 0.5) is 0 Å². The van der Waals surface area contributed by atoms with Gasteiger partial charge < -0.3 is 10.6 Å². The predicted molar refractivity (Wildman–Crippen MR) is 92.8 cm³/mol. The maximum atomic E-state index is 12.6. The van der Waals surface area contributed by atoms with Gasteiger partial charge in [-0.1, -0.05) is 41.5 Å². The highest BCUT2D eigenvalue weighted by Gasteiger charge is 2.31. The van der Waals surface area contributed by atoms with Crippen LogP contribution in [0, 0.1) is 10.8 Å². The molecule has 0 saturated heterocycles. The fourth-order valence-electron chi connectivity index (χ4n) is 2.21. The summed E-state index contributed by atoms with van der Waals surface area (Å²) in [5.74, 6) is 0.234. The van der Waals surface area contributed by atoms with E-state index < -0.39 is 5.41 Å². The lowest BCUT2D eigenvalue weighted by atomic mass is 9.84. The van der Waals surface area contributed by atoms with Gasteiger partial charge in [-0.3, -0.25) is 9.59 Å². The first-order chi connectivity index (χ1) is 9.62.